The fourth-order valence-electron chi connectivity index (χ4n) is 2.11. The van der Waals surface area contributed by atoms with Crippen molar-refractivity contribution in [1.29, 1.82) is 0 Å². The van der Waals surface area contributed by atoms with Crippen molar-refractivity contribution in [2.24, 2.45) is 0 Å². The van der Waals surface area contributed by atoms with E-state index in [-0.39, 0.29) is 10.8 Å². The highest BCUT2D eigenvalue weighted by Crippen LogP contribution is 2.29. The zero-order valence-electron chi connectivity index (χ0n) is 10.1. The van der Waals surface area contributed by atoms with Crippen LogP contribution in [0, 0.1) is 0 Å². The van der Waals surface area contributed by atoms with Crippen molar-refractivity contribution >= 4 is 11.6 Å². The van der Waals surface area contributed by atoms with Crippen LogP contribution in [-0.2, 0) is 12.0 Å². The molecule has 1 atom stereocenters. The Kier molecular flexibility index (Phi) is 4.21. The maximum atomic E-state index is 6.08. The predicted molar refractivity (Wildman–Crippen MR) is 65.5 cm³/mol. The van der Waals surface area contributed by atoms with Gasteiger partial charge in [-0.3, -0.25) is 4.68 Å². The number of aryl methyl sites for hydroxylation is 1. The Labute approximate surface area is 97.6 Å². The molecular formula is C12H21ClN2. The summed E-state index contributed by atoms with van der Waals surface area (Å²) in [5, 5.41) is 4.55. The fraction of sp³-hybridized carbons (Fsp3) is 0.750. The van der Waals surface area contributed by atoms with Gasteiger partial charge in [0.2, 0.25) is 0 Å². The van der Waals surface area contributed by atoms with Crippen molar-refractivity contribution in [2.75, 3.05) is 0 Å². The maximum Gasteiger partial charge on any atom is 0.0492 e. The van der Waals surface area contributed by atoms with E-state index < -0.39 is 0 Å². The topological polar surface area (TPSA) is 17.8 Å². The summed E-state index contributed by atoms with van der Waals surface area (Å²) in [7, 11) is 0. The third-order valence-electron chi connectivity index (χ3n) is 2.64. The lowest BCUT2D eigenvalue weighted by atomic mass is 9.84. The van der Waals surface area contributed by atoms with E-state index in [0.717, 1.165) is 19.4 Å². The molecule has 1 heterocycles. The van der Waals surface area contributed by atoms with Crippen molar-refractivity contribution in [1.82, 2.24) is 9.78 Å². The van der Waals surface area contributed by atoms with E-state index >= 15 is 0 Å². The largest absolute Gasteiger partial charge is 0.269 e. The van der Waals surface area contributed by atoms with Crippen molar-refractivity contribution in [3.05, 3.63) is 18.0 Å². The van der Waals surface area contributed by atoms with Gasteiger partial charge in [0, 0.05) is 29.2 Å². The van der Waals surface area contributed by atoms with Crippen LogP contribution < -0.4 is 0 Å². The van der Waals surface area contributed by atoms with Gasteiger partial charge in [-0.15, -0.1) is 11.6 Å². The summed E-state index contributed by atoms with van der Waals surface area (Å²) in [6, 6.07) is 2.11. The zero-order valence-corrected chi connectivity index (χ0v) is 10.9. The second-order valence-corrected chi connectivity index (χ2v) is 5.55. The number of halogens is 1. The Morgan fingerprint density at radius 3 is 2.73 bits per heavy atom. The summed E-state index contributed by atoms with van der Waals surface area (Å²) in [6.07, 6.45) is 3.97. The van der Waals surface area contributed by atoms with Gasteiger partial charge in [-0.05, 0) is 25.8 Å². The molecule has 0 radical (unpaired) electrons. The Hall–Kier alpha value is -0.500. The Bertz CT molecular complexity index is 302. The summed E-state index contributed by atoms with van der Waals surface area (Å²) in [6.45, 7) is 9.67. The molecule has 1 aromatic heterocycles. The third-order valence-corrected chi connectivity index (χ3v) is 2.79. The molecule has 0 aromatic carbocycles. The average Bonchev–Trinajstić information content (AvgIpc) is 2.51. The highest BCUT2D eigenvalue weighted by atomic mass is 35.5. The monoisotopic (exact) mass is 228 g/mol. The van der Waals surface area contributed by atoms with Gasteiger partial charge in [-0.1, -0.05) is 20.8 Å². The molecule has 0 amide bonds. The van der Waals surface area contributed by atoms with Gasteiger partial charge in [-0.25, -0.2) is 0 Å². The number of nitrogens with zero attached hydrogens (tertiary/aromatic N) is 2. The first-order chi connectivity index (χ1) is 6.97. The van der Waals surface area contributed by atoms with E-state index in [1.807, 2.05) is 13.1 Å². The SMILES string of the molecule is CCCn1nccc1C(C)(C)CC(C)Cl. The Balaban J connectivity index is 2.88. The first-order valence-corrected chi connectivity index (χ1v) is 6.07. The van der Waals surface area contributed by atoms with Crippen LogP contribution in [0.25, 0.3) is 0 Å². The minimum Gasteiger partial charge on any atom is -0.269 e. The van der Waals surface area contributed by atoms with Crippen LogP contribution in [0.3, 0.4) is 0 Å². The van der Waals surface area contributed by atoms with E-state index in [1.54, 1.807) is 0 Å². The van der Waals surface area contributed by atoms with E-state index in [1.165, 1.54) is 5.69 Å². The molecule has 0 aliphatic heterocycles. The Morgan fingerprint density at radius 2 is 2.20 bits per heavy atom. The van der Waals surface area contributed by atoms with Crippen LogP contribution in [0.1, 0.15) is 46.2 Å². The molecule has 86 valence electrons. The second kappa shape index (κ2) is 5.02. The average molecular weight is 229 g/mol. The molecular weight excluding hydrogens is 208 g/mol. The first kappa shape index (κ1) is 12.6. The van der Waals surface area contributed by atoms with Crippen LogP contribution in [-0.4, -0.2) is 15.2 Å². The van der Waals surface area contributed by atoms with Crippen LogP contribution >= 0.6 is 11.6 Å². The molecule has 0 bridgehead atoms. The molecule has 0 aliphatic rings. The minimum atomic E-state index is 0.104. The summed E-state index contributed by atoms with van der Waals surface area (Å²) in [5.74, 6) is 0. The lowest BCUT2D eigenvalue weighted by molar-refractivity contribution is 0.420. The normalized spacial score (nSPS) is 14.2. The van der Waals surface area contributed by atoms with E-state index in [9.17, 15) is 0 Å². The highest BCUT2D eigenvalue weighted by Gasteiger charge is 2.26. The zero-order chi connectivity index (χ0) is 11.5. The molecule has 15 heavy (non-hydrogen) atoms. The van der Waals surface area contributed by atoms with Gasteiger partial charge < -0.3 is 0 Å². The smallest absolute Gasteiger partial charge is 0.0492 e. The molecule has 0 saturated heterocycles. The minimum absolute atomic E-state index is 0.104. The molecule has 1 rings (SSSR count). The Morgan fingerprint density at radius 1 is 1.53 bits per heavy atom. The van der Waals surface area contributed by atoms with Crippen molar-refractivity contribution in [3.63, 3.8) is 0 Å². The van der Waals surface area contributed by atoms with Crippen LogP contribution in [0.4, 0.5) is 0 Å². The molecule has 0 fully saturated rings. The lowest BCUT2D eigenvalue weighted by Crippen LogP contribution is -2.25. The molecule has 0 aliphatic carbocycles. The highest BCUT2D eigenvalue weighted by molar-refractivity contribution is 6.20. The van der Waals surface area contributed by atoms with Crippen molar-refractivity contribution in [2.45, 2.75) is 57.9 Å². The van der Waals surface area contributed by atoms with Gasteiger partial charge in [-0.2, -0.15) is 5.10 Å². The number of rotatable bonds is 5. The molecule has 0 spiro atoms. The van der Waals surface area contributed by atoms with Gasteiger partial charge in [0.05, 0.1) is 0 Å². The number of hydrogen-bond acceptors (Lipinski definition) is 1. The maximum absolute atomic E-state index is 6.08. The molecule has 3 heteroatoms. The first-order valence-electron chi connectivity index (χ1n) is 5.63. The van der Waals surface area contributed by atoms with Crippen molar-refractivity contribution in [3.8, 4) is 0 Å². The predicted octanol–water partition coefficient (Wildman–Crippen LogP) is 3.59. The second-order valence-electron chi connectivity index (χ2n) is 4.81. The van der Waals surface area contributed by atoms with Crippen LogP contribution in [0.2, 0.25) is 0 Å². The summed E-state index contributed by atoms with van der Waals surface area (Å²) < 4.78 is 2.10. The van der Waals surface area contributed by atoms with Gasteiger partial charge in [0.1, 0.15) is 0 Å². The summed E-state index contributed by atoms with van der Waals surface area (Å²) in [5.41, 5.74) is 1.39. The number of hydrogen-bond donors (Lipinski definition) is 0. The number of alkyl halides is 1. The molecule has 0 N–H and O–H groups in total. The summed E-state index contributed by atoms with van der Waals surface area (Å²) in [4.78, 5) is 0. The van der Waals surface area contributed by atoms with E-state index in [4.69, 9.17) is 11.6 Å². The number of aromatic nitrogens is 2. The van der Waals surface area contributed by atoms with Gasteiger partial charge in [0.15, 0.2) is 0 Å². The van der Waals surface area contributed by atoms with E-state index in [0.29, 0.717) is 0 Å². The molecule has 0 saturated carbocycles. The fourth-order valence-corrected chi connectivity index (χ4v) is 2.49. The van der Waals surface area contributed by atoms with E-state index in [2.05, 4.69) is 36.6 Å². The van der Waals surface area contributed by atoms with Gasteiger partial charge >= 0.3 is 0 Å². The van der Waals surface area contributed by atoms with Gasteiger partial charge in [0.25, 0.3) is 0 Å². The van der Waals surface area contributed by atoms with Crippen LogP contribution in [0.5, 0.6) is 0 Å². The molecule has 1 unspecified atom stereocenters. The lowest BCUT2D eigenvalue weighted by Gasteiger charge is -2.26. The standard InChI is InChI=1S/C12H21ClN2/c1-5-8-15-11(6-7-14-15)12(3,4)9-10(2)13/h6-7,10H,5,8-9H2,1-4H3. The quantitative estimate of drug-likeness (QED) is 0.705. The van der Waals surface area contributed by atoms with Crippen molar-refractivity contribution < 1.29 is 0 Å². The summed E-state index contributed by atoms with van der Waals surface area (Å²) >= 11 is 6.08. The molecule has 2 nitrogen and oxygen atoms in total. The molecule has 1 aromatic rings. The van der Waals surface area contributed by atoms with Crippen LogP contribution in [0.15, 0.2) is 12.3 Å². The third kappa shape index (κ3) is 3.23.